The lowest BCUT2D eigenvalue weighted by molar-refractivity contribution is -0.184. The van der Waals surface area contributed by atoms with Gasteiger partial charge in [-0.3, -0.25) is 0 Å². The smallest absolute Gasteiger partial charge is 0.422 e. The van der Waals surface area contributed by atoms with Gasteiger partial charge >= 0.3 is 12.1 Å². The van der Waals surface area contributed by atoms with Gasteiger partial charge in [-0.1, -0.05) is 24.6 Å². The van der Waals surface area contributed by atoms with Gasteiger partial charge in [0.15, 0.2) is 12.2 Å². The average Bonchev–Trinajstić information content (AvgIpc) is 2.77. The summed E-state index contributed by atoms with van der Waals surface area (Å²) >= 11 is 6.04. The van der Waals surface area contributed by atoms with Crippen LogP contribution in [-0.2, 0) is 14.3 Å². The first-order valence-corrected chi connectivity index (χ1v) is 11.1. The molecule has 0 amide bonds. The van der Waals surface area contributed by atoms with Gasteiger partial charge in [-0.2, -0.15) is 13.2 Å². The molecule has 0 bridgehead atoms. The highest BCUT2D eigenvalue weighted by Gasteiger charge is 2.45. The molecule has 3 rings (SSSR count). The molecule has 2 aliphatic rings. The molecule has 1 fully saturated rings. The summed E-state index contributed by atoms with van der Waals surface area (Å²) in [6.45, 7) is 1.03. The first-order valence-electron chi connectivity index (χ1n) is 10.7. The molecule has 33 heavy (non-hydrogen) atoms. The minimum absolute atomic E-state index is 0.00209. The van der Waals surface area contributed by atoms with Crippen LogP contribution < -0.4 is 9.47 Å². The van der Waals surface area contributed by atoms with E-state index in [1.807, 2.05) is 25.2 Å². The van der Waals surface area contributed by atoms with Gasteiger partial charge < -0.3 is 24.1 Å². The molecule has 1 aromatic carbocycles. The van der Waals surface area contributed by atoms with Crippen LogP contribution in [0.1, 0.15) is 32.6 Å². The minimum atomic E-state index is -4.43. The molecule has 182 valence electrons. The lowest BCUT2D eigenvalue weighted by Gasteiger charge is -2.41. The second-order valence-corrected chi connectivity index (χ2v) is 8.32. The van der Waals surface area contributed by atoms with Crippen LogP contribution in [0, 0.1) is 5.92 Å². The number of carboxylic acid groups (broad SMARTS) is 1. The Hall–Kier alpha value is -2.39. The number of benzene rings is 1. The summed E-state index contributed by atoms with van der Waals surface area (Å²) in [5.41, 5.74) is -1.16. The molecule has 1 aliphatic carbocycles. The number of alkyl halides is 3. The van der Waals surface area contributed by atoms with Crippen molar-refractivity contribution in [3.8, 4) is 11.5 Å². The van der Waals surface area contributed by atoms with E-state index < -0.39 is 24.4 Å². The van der Waals surface area contributed by atoms with Crippen LogP contribution in [0.5, 0.6) is 11.5 Å². The van der Waals surface area contributed by atoms with Crippen molar-refractivity contribution in [3.63, 3.8) is 0 Å². The van der Waals surface area contributed by atoms with E-state index in [2.05, 4.69) is 4.74 Å². The monoisotopic (exact) mass is 490 g/mol. The molecule has 1 aliphatic heterocycles. The second-order valence-electron chi connectivity index (χ2n) is 7.91. The van der Waals surface area contributed by atoms with E-state index in [-0.39, 0.29) is 29.4 Å². The van der Waals surface area contributed by atoms with Crippen molar-refractivity contribution in [1.29, 1.82) is 0 Å². The molecule has 1 N–H and O–H groups in total. The molecule has 10 heteroatoms. The van der Waals surface area contributed by atoms with Crippen LogP contribution in [0.2, 0.25) is 5.02 Å². The van der Waals surface area contributed by atoms with Gasteiger partial charge in [-0.25, -0.2) is 4.79 Å². The Labute approximate surface area is 194 Å². The molecule has 1 saturated heterocycles. The zero-order valence-corrected chi connectivity index (χ0v) is 18.8. The van der Waals surface area contributed by atoms with E-state index in [4.69, 9.17) is 25.8 Å². The average molecular weight is 491 g/mol. The van der Waals surface area contributed by atoms with E-state index in [0.29, 0.717) is 37.4 Å². The van der Waals surface area contributed by atoms with Gasteiger partial charge in [0.25, 0.3) is 0 Å². The molecule has 0 aromatic heterocycles. The summed E-state index contributed by atoms with van der Waals surface area (Å²) in [6.07, 6.45) is 3.03. The van der Waals surface area contributed by atoms with E-state index in [0.717, 1.165) is 6.42 Å². The number of halogens is 4. The van der Waals surface area contributed by atoms with Crippen LogP contribution in [0.4, 0.5) is 13.2 Å². The number of ether oxygens (including phenoxy) is 4. The Morgan fingerprint density at radius 3 is 2.70 bits per heavy atom. The predicted octanol–water partition coefficient (Wildman–Crippen LogP) is 5.55. The third kappa shape index (κ3) is 6.80. The fourth-order valence-corrected chi connectivity index (χ4v) is 3.94. The van der Waals surface area contributed by atoms with Crippen LogP contribution in [-0.4, -0.2) is 48.8 Å². The number of hydrogen-bond acceptors (Lipinski definition) is 5. The summed E-state index contributed by atoms with van der Waals surface area (Å²) in [5.74, 6) is 0.130. The molecule has 3 unspecified atom stereocenters. The lowest BCUT2D eigenvalue weighted by Crippen LogP contribution is -2.49. The molecule has 0 spiro atoms. The predicted molar refractivity (Wildman–Crippen MR) is 115 cm³/mol. The normalized spacial score (nSPS) is 24.6. The number of aliphatic carboxylic acids is 1. The van der Waals surface area contributed by atoms with E-state index in [1.165, 1.54) is 18.2 Å². The van der Waals surface area contributed by atoms with Crippen LogP contribution in [0.15, 0.2) is 42.2 Å². The Kier molecular flexibility index (Phi) is 8.18. The molecule has 0 saturated carbocycles. The fourth-order valence-electron chi connectivity index (χ4n) is 3.72. The van der Waals surface area contributed by atoms with Crippen molar-refractivity contribution in [2.75, 3.05) is 19.8 Å². The van der Waals surface area contributed by atoms with Gasteiger partial charge in [-0.05, 0) is 43.5 Å². The molecule has 1 heterocycles. The van der Waals surface area contributed by atoms with Crippen molar-refractivity contribution in [2.45, 2.75) is 50.5 Å². The zero-order chi connectivity index (χ0) is 24.1. The maximum absolute atomic E-state index is 12.2. The molecule has 1 aromatic rings. The molecular formula is C23H26ClF3O6. The van der Waals surface area contributed by atoms with Crippen molar-refractivity contribution >= 4 is 17.6 Å². The first-order chi connectivity index (χ1) is 15.6. The number of rotatable bonds is 10. The summed E-state index contributed by atoms with van der Waals surface area (Å²) < 4.78 is 58.6. The van der Waals surface area contributed by atoms with Gasteiger partial charge in [0.2, 0.25) is 0 Å². The summed E-state index contributed by atoms with van der Waals surface area (Å²) in [4.78, 5) is 11.7. The quantitative estimate of drug-likeness (QED) is 0.433. The Morgan fingerprint density at radius 1 is 1.27 bits per heavy atom. The third-order valence-corrected chi connectivity index (χ3v) is 5.88. The first kappa shape index (κ1) is 25.2. The van der Waals surface area contributed by atoms with Gasteiger partial charge in [0, 0.05) is 18.4 Å². The molecule has 3 atom stereocenters. The summed E-state index contributed by atoms with van der Waals surface area (Å²) in [5, 5.41) is 9.71. The van der Waals surface area contributed by atoms with E-state index in [9.17, 15) is 23.1 Å². The molecule has 6 nitrogen and oxygen atoms in total. The third-order valence-electron chi connectivity index (χ3n) is 5.58. The van der Waals surface area contributed by atoms with Gasteiger partial charge in [0.1, 0.15) is 17.3 Å². The van der Waals surface area contributed by atoms with E-state index >= 15 is 0 Å². The Bertz CT molecular complexity index is 901. The van der Waals surface area contributed by atoms with Crippen molar-refractivity contribution in [3.05, 3.63) is 47.2 Å². The Morgan fingerprint density at radius 2 is 2.03 bits per heavy atom. The number of allylic oxidation sites excluding steroid dienone is 1. The maximum atomic E-state index is 12.2. The standard InChI is InChI=1S/C23H26ClF3O6/c1-2-22(21(28)29)9-8-15-4-5-17(13-20(15)33-22)30-10-3-11-31-19-7-6-16(12-18(19)24)32-14-23(25,26)27/h4-7,12-13,15,20H,2-3,8-11,14H2,1H3,(H,28,29). The SMILES string of the molecule is CCC1(C(=O)O)CCC2C=CC(OCCCOc3ccc(OCC(F)(F)F)cc3Cl)=CC2O1. The second kappa shape index (κ2) is 10.7. The van der Waals surface area contributed by atoms with Crippen LogP contribution >= 0.6 is 11.6 Å². The highest BCUT2D eigenvalue weighted by Crippen LogP contribution is 2.38. The number of carbonyl (C=O) groups is 1. The van der Waals surface area contributed by atoms with Crippen molar-refractivity contribution < 1.29 is 42.0 Å². The van der Waals surface area contributed by atoms with Gasteiger partial charge in [-0.15, -0.1) is 0 Å². The summed E-state index contributed by atoms with van der Waals surface area (Å²) in [7, 11) is 0. The maximum Gasteiger partial charge on any atom is 0.422 e. The lowest BCUT2D eigenvalue weighted by atomic mass is 9.81. The van der Waals surface area contributed by atoms with Crippen molar-refractivity contribution in [1.82, 2.24) is 0 Å². The highest BCUT2D eigenvalue weighted by atomic mass is 35.5. The van der Waals surface area contributed by atoms with Crippen LogP contribution in [0.25, 0.3) is 0 Å². The molecular weight excluding hydrogens is 465 g/mol. The van der Waals surface area contributed by atoms with Gasteiger partial charge in [0.05, 0.1) is 24.3 Å². The number of fused-ring (bicyclic) bond motifs is 1. The van der Waals surface area contributed by atoms with E-state index in [1.54, 1.807) is 0 Å². The Balaban J connectivity index is 1.43. The number of hydrogen-bond donors (Lipinski definition) is 1. The summed E-state index contributed by atoms with van der Waals surface area (Å²) in [6, 6.07) is 4.07. The zero-order valence-electron chi connectivity index (χ0n) is 18.1. The van der Waals surface area contributed by atoms with Crippen molar-refractivity contribution in [2.24, 2.45) is 5.92 Å². The van der Waals surface area contributed by atoms with Crippen LogP contribution in [0.3, 0.4) is 0 Å². The topological polar surface area (TPSA) is 74.2 Å². The fraction of sp³-hybridized carbons (Fsp3) is 0.522. The minimum Gasteiger partial charge on any atom is -0.494 e. The number of carboxylic acids is 1. The molecule has 0 radical (unpaired) electrons. The highest BCUT2D eigenvalue weighted by molar-refractivity contribution is 6.32. The largest absolute Gasteiger partial charge is 0.494 e.